The third kappa shape index (κ3) is 7.42. The van der Waals surface area contributed by atoms with Crippen LogP contribution in [0, 0.1) is 5.92 Å². The third-order valence-corrected chi connectivity index (χ3v) is 7.36. The molecule has 0 bridgehead atoms. The summed E-state index contributed by atoms with van der Waals surface area (Å²) in [6, 6.07) is 3.10. The van der Waals surface area contributed by atoms with Crippen molar-refractivity contribution in [2.24, 2.45) is 5.92 Å². The molecule has 1 aliphatic rings. The smallest absolute Gasteiger partial charge is 0.338 e. The van der Waals surface area contributed by atoms with Crippen LogP contribution in [0.2, 0.25) is 0 Å². The molecule has 0 aromatic heterocycles. The van der Waals surface area contributed by atoms with Gasteiger partial charge in [0.25, 0.3) is 5.91 Å². The van der Waals surface area contributed by atoms with E-state index in [0.717, 1.165) is 25.7 Å². The Kier molecular flexibility index (Phi) is 10.3. The summed E-state index contributed by atoms with van der Waals surface area (Å²) in [5, 5.41) is 2.50. The minimum atomic E-state index is -3.89. The molecule has 0 saturated carbocycles. The van der Waals surface area contributed by atoms with Gasteiger partial charge >= 0.3 is 11.9 Å². The molecule has 10 nitrogen and oxygen atoms in total. The van der Waals surface area contributed by atoms with Gasteiger partial charge in [-0.05, 0) is 43.4 Å². The van der Waals surface area contributed by atoms with Gasteiger partial charge in [-0.25, -0.2) is 18.0 Å². The van der Waals surface area contributed by atoms with Crippen molar-refractivity contribution >= 4 is 27.9 Å². The van der Waals surface area contributed by atoms with Gasteiger partial charge in [-0.1, -0.05) is 26.7 Å². The lowest BCUT2D eigenvalue weighted by Crippen LogP contribution is -2.44. The topological polar surface area (TPSA) is 128 Å². The fraction of sp³-hybridized carbons (Fsp3) is 0.609. The number of nitrogens with zero attached hydrogens (tertiary/aromatic N) is 1. The van der Waals surface area contributed by atoms with Gasteiger partial charge in [-0.15, -0.1) is 0 Å². The van der Waals surface area contributed by atoms with E-state index in [1.54, 1.807) is 0 Å². The van der Waals surface area contributed by atoms with Gasteiger partial charge in [-0.3, -0.25) is 4.79 Å². The second-order valence-electron chi connectivity index (χ2n) is 8.53. The Labute approximate surface area is 201 Å². The molecule has 0 aliphatic carbocycles. The molecule has 0 unspecified atom stereocenters. The van der Waals surface area contributed by atoms with Crippen molar-refractivity contribution in [3.63, 3.8) is 0 Å². The molecular weight excluding hydrogens is 464 g/mol. The molecule has 1 heterocycles. The minimum absolute atomic E-state index is 0.0336. The van der Waals surface area contributed by atoms with E-state index in [1.165, 1.54) is 36.7 Å². The molecule has 1 atom stereocenters. The van der Waals surface area contributed by atoms with E-state index in [9.17, 15) is 22.8 Å². The number of carbonyl (C=O) groups is 3. The second kappa shape index (κ2) is 12.7. The van der Waals surface area contributed by atoms with Crippen LogP contribution in [-0.2, 0) is 29.1 Å². The number of benzene rings is 1. The summed E-state index contributed by atoms with van der Waals surface area (Å²) in [5.41, 5.74) is -0.0336. The average molecular weight is 499 g/mol. The van der Waals surface area contributed by atoms with Gasteiger partial charge in [0.1, 0.15) is 16.7 Å². The monoisotopic (exact) mass is 498 g/mol. The minimum Gasteiger partial charge on any atom is -0.495 e. The van der Waals surface area contributed by atoms with Crippen LogP contribution in [0.1, 0.15) is 56.3 Å². The molecule has 190 valence electrons. The zero-order valence-electron chi connectivity index (χ0n) is 20.2. The number of hydrogen-bond donors (Lipinski definition) is 1. The summed E-state index contributed by atoms with van der Waals surface area (Å²) in [4.78, 5) is 36.6. The Bertz CT molecular complexity index is 969. The number of methoxy groups -OCH3 is 2. The molecule has 2 rings (SSSR count). The van der Waals surface area contributed by atoms with Crippen molar-refractivity contribution in [2.45, 2.75) is 56.9 Å². The van der Waals surface area contributed by atoms with E-state index in [1.807, 2.05) is 13.8 Å². The van der Waals surface area contributed by atoms with Crippen LogP contribution in [0.4, 0.5) is 0 Å². The van der Waals surface area contributed by atoms with Gasteiger partial charge in [0.2, 0.25) is 10.0 Å². The second-order valence-corrected chi connectivity index (χ2v) is 10.4. The molecule has 1 aliphatic heterocycles. The lowest BCUT2D eigenvalue weighted by Gasteiger charge is -2.21. The van der Waals surface area contributed by atoms with Crippen LogP contribution in [0.25, 0.3) is 0 Å². The van der Waals surface area contributed by atoms with Gasteiger partial charge in [0.05, 0.1) is 19.8 Å². The number of carbonyl (C=O) groups excluding carboxylic acids is 3. The molecule has 1 aromatic rings. The van der Waals surface area contributed by atoms with E-state index in [-0.39, 0.29) is 22.1 Å². The maximum Gasteiger partial charge on any atom is 0.338 e. The maximum atomic E-state index is 13.2. The summed E-state index contributed by atoms with van der Waals surface area (Å²) in [7, 11) is -1.31. The lowest BCUT2D eigenvalue weighted by molar-refractivity contribution is -0.145. The number of hydrogen-bond acceptors (Lipinski definition) is 8. The van der Waals surface area contributed by atoms with Crippen molar-refractivity contribution in [1.29, 1.82) is 0 Å². The number of esters is 2. The first-order valence-electron chi connectivity index (χ1n) is 11.3. The summed E-state index contributed by atoms with van der Waals surface area (Å²) in [6.45, 7) is 3.95. The Morgan fingerprint density at radius 1 is 1.06 bits per heavy atom. The normalized spacial score (nSPS) is 15.8. The average Bonchev–Trinajstić information content (AvgIpc) is 3.11. The summed E-state index contributed by atoms with van der Waals surface area (Å²) in [5.74, 6) is -1.89. The fourth-order valence-electron chi connectivity index (χ4n) is 3.70. The first-order chi connectivity index (χ1) is 16.1. The number of sulfonamides is 1. The Morgan fingerprint density at radius 2 is 1.71 bits per heavy atom. The SMILES string of the molecule is COC(=O)[C@H](CC(C)C)NC(=O)COC(=O)c1ccc(OC)c(S(=O)(=O)N2CCCCCC2)c1. The van der Waals surface area contributed by atoms with E-state index in [0.29, 0.717) is 19.5 Å². The first-order valence-corrected chi connectivity index (χ1v) is 12.8. The molecule has 34 heavy (non-hydrogen) atoms. The van der Waals surface area contributed by atoms with Crippen molar-refractivity contribution < 1.29 is 37.0 Å². The first kappa shape index (κ1) is 27.6. The number of amides is 1. The van der Waals surface area contributed by atoms with Gasteiger partial charge < -0.3 is 19.5 Å². The molecule has 1 fully saturated rings. The van der Waals surface area contributed by atoms with E-state index < -0.39 is 40.5 Å². The number of ether oxygens (including phenoxy) is 3. The maximum absolute atomic E-state index is 13.2. The van der Waals surface area contributed by atoms with E-state index >= 15 is 0 Å². The summed E-state index contributed by atoms with van der Waals surface area (Å²) >= 11 is 0. The Hall–Kier alpha value is -2.66. The van der Waals surface area contributed by atoms with Crippen LogP contribution in [0.3, 0.4) is 0 Å². The van der Waals surface area contributed by atoms with Gasteiger partial charge in [0, 0.05) is 13.1 Å². The fourth-order valence-corrected chi connectivity index (χ4v) is 5.40. The summed E-state index contributed by atoms with van der Waals surface area (Å²) in [6.07, 6.45) is 3.82. The highest BCUT2D eigenvalue weighted by molar-refractivity contribution is 7.89. The largest absolute Gasteiger partial charge is 0.495 e. The zero-order valence-corrected chi connectivity index (χ0v) is 21.0. The van der Waals surface area contributed by atoms with Crippen molar-refractivity contribution in [1.82, 2.24) is 9.62 Å². The van der Waals surface area contributed by atoms with Crippen LogP contribution >= 0.6 is 0 Å². The number of rotatable bonds is 10. The molecular formula is C23H34N2O8S. The summed E-state index contributed by atoms with van der Waals surface area (Å²) < 4.78 is 42.9. The van der Waals surface area contributed by atoms with Gasteiger partial charge in [-0.2, -0.15) is 4.31 Å². The predicted molar refractivity (Wildman–Crippen MR) is 124 cm³/mol. The zero-order chi connectivity index (χ0) is 25.3. The van der Waals surface area contributed by atoms with Crippen molar-refractivity contribution in [2.75, 3.05) is 33.9 Å². The molecule has 1 N–H and O–H groups in total. The molecule has 1 aromatic carbocycles. The molecule has 1 amide bonds. The molecule has 1 saturated heterocycles. The lowest BCUT2D eigenvalue weighted by atomic mass is 10.0. The van der Waals surface area contributed by atoms with Crippen molar-refractivity contribution in [3.8, 4) is 5.75 Å². The van der Waals surface area contributed by atoms with Crippen LogP contribution in [0.15, 0.2) is 23.1 Å². The van der Waals surface area contributed by atoms with E-state index in [4.69, 9.17) is 14.2 Å². The molecule has 0 spiro atoms. The standard InChI is InChI=1S/C23H34N2O8S/c1-16(2)13-18(23(28)32-4)24-21(26)15-33-22(27)17-9-10-19(31-3)20(14-17)34(29,30)25-11-7-5-6-8-12-25/h9-10,14,16,18H,5-8,11-13,15H2,1-4H3,(H,24,26)/t18-/m0/s1. The molecule has 0 radical (unpaired) electrons. The Morgan fingerprint density at radius 3 is 2.26 bits per heavy atom. The van der Waals surface area contributed by atoms with Gasteiger partial charge in [0.15, 0.2) is 6.61 Å². The molecule has 11 heteroatoms. The number of nitrogens with one attached hydrogen (secondary N) is 1. The predicted octanol–water partition coefficient (Wildman–Crippen LogP) is 2.12. The van der Waals surface area contributed by atoms with Crippen molar-refractivity contribution in [3.05, 3.63) is 23.8 Å². The van der Waals surface area contributed by atoms with Crippen LogP contribution < -0.4 is 10.1 Å². The van der Waals surface area contributed by atoms with Crippen LogP contribution in [-0.4, -0.2) is 70.5 Å². The van der Waals surface area contributed by atoms with Crippen LogP contribution in [0.5, 0.6) is 5.75 Å². The highest BCUT2D eigenvalue weighted by Gasteiger charge is 2.30. The highest BCUT2D eigenvalue weighted by atomic mass is 32.2. The van der Waals surface area contributed by atoms with E-state index in [2.05, 4.69) is 5.32 Å². The quantitative estimate of drug-likeness (QED) is 0.486. The Balaban J connectivity index is 2.13. The third-order valence-electron chi connectivity index (χ3n) is 5.44. The highest BCUT2D eigenvalue weighted by Crippen LogP contribution is 2.29.